The molecule has 0 atom stereocenters. The summed E-state index contributed by atoms with van der Waals surface area (Å²) in [7, 11) is 1.63. The van der Waals surface area contributed by atoms with Gasteiger partial charge < -0.3 is 9.94 Å². The van der Waals surface area contributed by atoms with Crippen molar-refractivity contribution in [3.8, 4) is 5.75 Å². The van der Waals surface area contributed by atoms with Gasteiger partial charge in [-0.25, -0.2) is 0 Å². The summed E-state index contributed by atoms with van der Waals surface area (Å²) in [6, 6.07) is 5.55. The molecule has 0 radical (unpaired) electrons. The molecule has 1 aromatic carbocycles. The highest BCUT2D eigenvalue weighted by molar-refractivity contribution is 5.79. The van der Waals surface area contributed by atoms with Crippen molar-refractivity contribution < 1.29 is 9.94 Å². The molecule has 64 valence electrons. The average Bonchev–Trinajstić information content (AvgIpc) is 2.05. The molecule has 0 amide bonds. The van der Waals surface area contributed by atoms with Gasteiger partial charge in [-0.1, -0.05) is 5.16 Å². The minimum atomic E-state index is 0.838. The smallest absolute Gasteiger partial charge is 0.121 e. The monoisotopic (exact) mass is 165 g/mol. The molecular weight excluding hydrogens is 154 g/mol. The van der Waals surface area contributed by atoms with E-state index >= 15 is 0 Å². The topological polar surface area (TPSA) is 41.8 Å². The molecule has 0 spiro atoms. The van der Waals surface area contributed by atoms with E-state index in [1.807, 2.05) is 25.1 Å². The van der Waals surface area contributed by atoms with E-state index < -0.39 is 0 Å². The van der Waals surface area contributed by atoms with E-state index in [0.29, 0.717) is 0 Å². The maximum Gasteiger partial charge on any atom is 0.121 e. The molecule has 0 aliphatic heterocycles. The number of methoxy groups -OCH3 is 1. The van der Waals surface area contributed by atoms with Crippen molar-refractivity contribution in [1.82, 2.24) is 0 Å². The molecule has 0 aliphatic carbocycles. The van der Waals surface area contributed by atoms with Gasteiger partial charge in [0, 0.05) is 0 Å². The molecule has 0 bridgehead atoms. The van der Waals surface area contributed by atoms with Crippen LogP contribution in [0, 0.1) is 6.92 Å². The van der Waals surface area contributed by atoms with E-state index in [0.717, 1.165) is 16.9 Å². The number of ether oxygens (including phenoxy) is 1. The van der Waals surface area contributed by atoms with Crippen molar-refractivity contribution in [2.45, 2.75) is 6.92 Å². The summed E-state index contributed by atoms with van der Waals surface area (Å²) in [6.07, 6.45) is 1.38. The van der Waals surface area contributed by atoms with Crippen LogP contribution in [0.5, 0.6) is 5.75 Å². The number of aryl methyl sites for hydroxylation is 1. The Labute approximate surface area is 71.3 Å². The highest BCUT2D eigenvalue weighted by Gasteiger charge is 1.97. The standard InChI is InChI=1S/C9H11NO2/c1-7-5-8(6-10-11)3-4-9(7)12-2/h3-6,11H,1-2H3/b10-6-. The van der Waals surface area contributed by atoms with Crippen LogP contribution in [0.25, 0.3) is 0 Å². The summed E-state index contributed by atoms with van der Waals surface area (Å²) in [5, 5.41) is 11.2. The zero-order valence-electron chi connectivity index (χ0n) is 7.11. The first-order valence-corrected chi connectivity index (χ1v) is 3.60. The SMILES string of the molecule is COc1ccc(/C=N\O)cc1C. The minimum absolute atomic E-state index is 0.838. The fraction of sp³-hybridized carbons (Fsp3) is 0.222. The van der Waals surface area contributed by atoms with Gasteiger partial charge in [-0.05, 0) is 36.2 Å². The van der Waals surface area contributed by atoms with Gasteiger partial charge in [0.25, 0.3) is 0 Å². The lowest BCUT2D eigenvalue weighted by Crippen LogP contribution is -1.89. The molecule has 1 rings (SSSR count). The van der Waals surface area contributed by atoms with Crippen LogP contribution in [0.2, 0.25) is 0 Å². The van der Waals surface area contributed by atoms with Gasteiger partial charge in [0.2, 0.25) is 0 Å². The van der Waals surface area contributed by atoms with Crippen molar-refractivity contribution in [1.29, 1.82) is 0 Å². The second-order valence-electron chi connectivity index (χ2n) is 2.47. The lowest BCUT2D eigenvalue weighted by Gasteiger charge is -2.03. The number of nitrogens with zero attached hydrogens (tertiary/aromatic N) is 1. The maximum absolute atomic E-state index is 8.28. The Morgan fingerprint density at radius 3 is 2.75 bits per heavy atom. The summed E-state index contributed by atoms with van der Waals surface area (Å²) in [6.45, 7) is 1.94. The Morgan fingerprint density at radius 2 is 2.25 bits per heavy atom. The van der Waals surface area contributed by atoms with Crippen LogP contribution in [-0.4, -0.2) is 18.5 Å². The number of benzene rings is 1. The van der Waals surface area contributed by atoms with Crippen molar-refractivity contribution in [2.75, 3.05) is 7.11 Å². The molecule has 0 unspecified atom stereocenters. The van der Waals surface area contributed by atoms with Crippen molar-refractivity contribution >= 4 is 6.21 Å². The van der Waals surface area contributed by atoms with Gasteiger partial charge in [0.1, 0.15) is 5.75 Å². The molecule has 3 heteroatoms. The number of hydrogen-bond acceptors (Lipinski definition) is 3. The molecule has 0 fully saturated rings. The quantitative estimate of drug-likeness (QED) is 0.412. The first-order valence-electron chi connectivity index (χ1n) is 3.60. The molecule has 0 heterocycles. The number of rotatable bonds is 2. The van der Waals surface area contributed by atoms with Gasteiger partial charge in [-0.15, -0.1) is 0 Å². The largest absolute Gasteiger partial charge is 0.496 e. The van der Waals surface area contributed by atoms with Crippen LogP contribution >= 0.6 is 0 Å². The molecule has 1 N–H and O–H groups in total. The van der Waals surface area contributed by atoms with Crippen molar-refractivity contribution in [3.05, 3.63) is 29.3 Å². The van der Waals surface area contributed by atoms with Gasteiger partial charge in [-0.3, -0.25) is 0 Å². The summed E-state index contributed by atoms with van der Waals surface area (Å²) in [5.41, 5.74) is 1.88. The fourth-order valence-corrected chi connectivity index (χ4v) is 1.05. The Bertz CT molecular complexity index is 295. The lowest BCUT2D eigenvalue weighted by molar-refractivity contribution is 0.322. The summed E-state index contributed by atoms with van der Waals surface area (Å²) in [4.78, 5) is 0. The third-order valence-corrected chi connectivity index (χ3v) is 1.63. The Morgan fingerprint density at radius 1 is 1.50 bits per heavy atom. The third kappa shape index (κ3) is 1.75. The highest BCUT2D eigenvalue weighted by Crippen LogP contribution is 2.17. The molecular formula is C9H11NO2. The van der Waals surface area contributed by atoms with E-state index in [1.165, 1.54) is 6.21 Å². The van der Waals surface area contributed by atoms with Crippen LogP contribution in [-0.2, 0) is 0 Å². The normalized spacial score (nSPS) is 10.5. The van der Waals surface area contributed by atoms with E-state index in [2.05, 4.69) is 5.16 Å². The maximum atomic E-state index is 8.28. The second kappa shape index (κ2) is 3.76. The summed E-state index contributed by atoms with van der Waals surface area (Å²) < 4.78 is 5.07. The Kier molecular flexibility index (Phi) is 2.69. The van der Waals surface area contributed by atoms with E-state index in [-0.39, 0.29) is 0 Å². The van der Waals surface area contributed by atoms with Crippen LogP contribution in [0.1, 0.15) is 11.1 Å². The predicted molar refractivity (Wildman–Crippen MR) is 47.1 cm³/mol. The second-order valence-corrected chi connectivity index (χ2v) is 2.47. The Balaban J connectivity index is 3.01. The van der Waals surface area contributed by atoms with Gasteiger partial charge in [0.05, 0.1) is 13.3 Å². The minimum Gasteiger partial charge on any atom is -0.496 e. The van der Waals surface area contributed by atoms with Gasteiger partial charge >= 0.3 is 0 Å². The van der Waals surface area contributed by atoms with Gasteiger partial charge in [0.15, 0.2) is 0 Å². The molecule has 1 aromatic rings. The van der Waals surface area contributed by atoms with Crippen molar-refractivity contribution in [2.24, 2.45) is 5.16 Å². The first kappa shape index (κ1) is 8.59. The Hall–Kier alpha value is -1.51. The molecule has 12 heavy (non-hydrogen) atoms. The molecule has 0 saturated heterocycles. The lowest BCUT2D eigenvalue weighted by atomic mass is 10.1. The molecule has 3 nitrogen and oxygen atoms in total. The van der Waals surface area contributed by atoms with Crippen LogP contribution in [0.15, 0.2) is 23.4 Å². The van der Waals surface area contributed by atoms with E-state index in [4.69, 9.17) is 9.94 Å². The molecule has 0 aromatic heterocycles. The zero-order chi connectivity index (χ0) is 8.97. The van der Waals surface area contributed by atoms with Crippen LogP contribution in [0.3, 0.4) is 0 Å². The predicted octanol–water partition coefficient (Wildman–Crippen LogP) is 1.81. The van der Waals surface area contributed by atoms with Crippen LogP contribution < -0.4 is 4.74 Å². The summed E-state index contributed by atoms with van der Waals surface area (Å²) >= 11 is 0. The van der Waals surface area contributed by atoms with Crippen molar-refractivity contribution in [3.63, 3.8) is 0 Å². The van der Waals surface area contributed by atoms with E-state index in [9.17, 15) is 0 Å². The fourth-order valence-electron chi connectivity index (χ4n) is 1.05. The van der Waals surface area contributed by atoms with E-state index in [1.54, 1.807) is 7.11 Å². The number of oxime groups is 1. The highest BCUT2D eigenvalue weighted by atomic mass is 16.5. The van der Waals surface area contributed by atoms with Gasteiger partial charge in [-0.2, -0.15) is 0 Å². The first-order chi connectivity index (χ1) is 5.77. The zero-order valence-corrected chi connectivity index (χ0v) is 7.11. The summed E-state index contributed by atoms with van der Waals surface area (Å²) in [5.74, 6) is 0.838. The third-order valence-electron chi connectivity index (χ3n) is 1.63. The number of hydrogen-bond donors (Lipinski definition) is 1. The molecule has 0 saturated carbocycles. The van der Waals surface area contributed by atoms with Crippen LogP contribution in [0.4, 0.5) is 0 Å². The average molecular weight is 165 g/mol. The molecule has 0 aliphatic rings.